The zero-order chi connectivity index (χ0) is 19.1. The fourth-order valence-electron chi connectivity index (χ4n) is 3.33. The number of hydrogen-bond acceptors (Lipinski definition) is 3. The number of amides is 2. The van der Waals surface area contributed by atoms with E-state index in [0.29, 0.717) is 6.04 Å². The van der Waals surface area contributed by atoms with Crippen molar-refractivity contribution in [3.63, 3.8) is 0 Å². The molecular formula is C21H31N3O2. The minimum Gasteiger partial charge on any atom is -0.341 e. The third-order valence-electron chi connectivity index (χ3n) is 5.08. The van der Waals surface area contributed by atoms with Crippen molar-refractivity contribution in [2.24, 2.45) is 0 Å². The number of rotatable bonds is 6. The lowest BCUT2D eigenvalue weighted by Gasteiger charge is -2.39. The summed E-state index contributed by atoms with van der Waals surface area (Å²) >= 11 is 0. The summed E-state index contributed by atoms with van der Waals surface area (Å²) in [5, 5.41) is 2.77. The molecule has 0 bridgehead atoms. The van der Waals surface area contributed by atoms with E-state index in [-0.39, 0.29) is 17.9 Å². The van der Waals surface area contributed by atoms with E-state index in [4.69, 9.17) is 0 Å². The Morgan fingerprint density at radius 2 is 1.77 bits per heavy atom. The van der Waals surface area contributed by atoms with Crippen molar-refractivity contribution < 1.29 is 9.59 Å². The lowest BCUT2D eigenvalue weighted by atomic mass is 10.0. The summed E-state index contributed by atoms with van der Waals surface area (Å²) in [7, 11) is 1.85. The van der Waals surface area contributed by atoms with E-state index in [0.717, 1.165) is 31.5 Å². The van der Waals surface area contributed by atoms with Crippen LogP contribution in [0.5, 0.6) is 0 Å². The van der Waals surface area contributed by atoms with E-state index in [2.05, 4.69) is 24.1 Å². The number of carbonyl (C=O) groups excluding carboxylic acids is 2. The van der Waals surface area contributed by atoms with Crippen molar-refractivity contribution >= 4 is 17.9 Å². The first-order chi connectivity index (χ1) is 12.4. The molecule has 1 atom stereocenters. The first-order valence-corrected chi connectivity index (χ1v) is 9.43. The van der Waals surface area contributed by atoms with E-state index in [1.54, 1.807) is 13.0 Å². The highest BCUT2D eigenvalue weighted by molar-refractivity contribution is 5.95. The number of hydrogen-bond donors (Lipinski definition) is 1. The van der Waals surface area contributed by atoms with Crippen LogP contribution in [0.4, 0.5) is 0 Å². The summed E-state index contributed by atoms with van der Waals surface area (Å²) in [6.07, 6.45) is 5.18. The number of likely N-dealkylation sites (N-methyl/N-ethyl adjacent to an activating group) is 1. The maximum absolute atomic E-state index is 12.6. The average Bonchev–Trinajstić information content (AvgIpc) is 2.66. The van der Waals surface area contributed by atoms with Gasteiger partial charge < -0.3 is 15.1 Å². The van der Waals surface area contributed by atoms with Crippen molar-refractivity contribution in [3.05, 3.63) is 42.0 Å². The second kappa shape index (κ2) is 9.53. The molecule has 0 radical (unpaired) electrons. The Labute approximate surface area is 157 Å². The molecule has 1 aromatic rings. The van der Waals surface area contributed by atoms with Gasteiger partial charge in [0.15, 0.2) is 0 Å². The Hall–Kier alpha value is -2.14. The summed E-state index contributed by atoms with van der Waals surface area (Å²) in [4.78, 5) is 29.0. The molecule has 0 aliphatic carbocycles. The van der Waals surface area contributed by atoms with E-state index in [1.807, 2.05) is 42.3 Å². The first-order valence-electron chi connectivity index (χ1n) is 9.43. The Morgan fingerprint density at radius 3 is 2.35 bits per heavy atom. The summed E-state index contributed by atoms with van der Waals surface area (Å²) < 4.78 is 0. The van der Waals surface area contributed by atoms with Gasteiger partial charge in [0.2, 0.25) is 11.8 Å². The van der Waals surface area contributed by atoms with Crippen LogP contribution in [-0.2, 0) is 9.59 Å². The molecule has 0 aromatic heterocycles. The van der Waals surface area contributed by atoms with E-state index in [9.17, 15) is 9.59 Å². The number of benzene rings is 1. The van der Waals surface area contributed by atoms with Gasteiger partial charge in [0, 0.05) is 38.3 Å². The third kappa shape index (κ3) is 5.70. The molecule has 0 spiro atoms. The zero-order valence-electron chi connectivity index (χ0n) is 16.3. The summed E-state index contributed by atoms with van der Waals surface area (Å²) in [5.41, 5.74) is 0.954. The Balaban J connectivity index is 1.82. The van der Waals surface area contributed by atoms with Gasteiger partial charge in [0.1, 0.15) is 6.04 Å². The van der Waals surface area contributed by atoms with Gasteiger partial charge in [-0.1, -0.05) is 30.3 Å². The molecule has 5 nitrogen and oxygen atoms in total. The number of piperidine rings is 1. The highest BCUT2D eigenvalue weighted by Crippen LogP contribution is 2.17. The van der Waals surface area contributed by atoms with Gasteiger partial charge in [-0.15, -0.1) is 0 Å². The number of carbonyl (C=O) groups is 2. The predicted molar refractivity (Wildman–Crippen MR) is 106 cm³/mol. The molecule has 1 saturated heterocycles. The number of nitrogens with zero attached hydrogens (tertiary/aromatic N) is 2. The third-order valence-corrected chi connectivity index (χ3v) is 5.08. The van der Waals surface area contributed by atoms with Crippen molar-refractivity contribution in [2.75, 3.05) is 20.1 Å². The van der Waals surface area contributed by atoms with Crippen LogP contribution in [0.15, 0.2) is 36.4 Å². The van der Waals surface area contributed by atoms with Gasteiger partial charge in [-0.2, -0.15) is 0 Å². The van der Waals surface area contributed by atoms with Crippen molar-refractivity contribution in [1.29, 1.82) is 0 Å². The maximum atomic E-state index is 12.6. The van der Waals surface area contributed by atoms with Crippen LogP contribution in [0.2, 0.25) is 0 Å². The van der Waals surface area contributed by atoms with E-state index >= 15 is 0 Å². The minimum absolute atomic E-state index is 0.0329. The Kier molecular flexibility index (Phi) is 7.39. The van der Waals surface area contributed by atoms with Gasteiger partial charge in [-0.3, -0.25) is 9.59 Å². The highest BCUT2D eigenvalue weighted by atomic mass is 16.2. The molecule has 0 saturated carbocycles. The molecule has 5 heteroatoms. The van der Waals surface area contributed by atoms with Crippen LogP contribution in [0, 0.1) is 0 Å². The quantitative estimate of drug-likeness (QED) is 0.796. The largest absolute Gasteiger partial charge is 0.341 e. The zero-order valence-corrected chi connectivity index (χ0v) is 16.3. The fraction of sp³-hybridized carbons (Fsp3) is 0.524. The second-order valence-corrected chi connectivity index (χ2v) is 7.28. The van der Waals surface area contributed by atoms with Crippen LogP contribution in [0.1, 0.15) is 39.2 Å². The molecule has 1 aromatic carbocycles. The van der Waals surface area contributed by atoms with Gasteiger partial charge in [0.05, 0.1) is 0 Å². The van der Waals surface area contributed by atoms with E-state index < -0.39 is 6.04 Å². The molecule has 2 amide bonds. The number of likely N-dealkylation sites (tertiary alicyclic amines) is 1. The van der Waals surface area contributed by atoms with Crippen molar-refractivity contribution in [1.82, 2.24) is 15.1 Å². The standard InChI is InChI=1S/C21H31N3O2/c1-16(2)24-14-12-19(13-15-24)23(4)21(26)17(3)22-20(25)11-10-18-8-6-5-7-9-18/h5-11,16-17,19H,12-15H2,1-4H3,(H,22,25)/b11-10+. The average molecular weight is 357 g/mol. The fourth-order valence-corrected chi connectivity index (χ4v) is 3.33. The molecular weight excluding hydrogens is 326 g/mol. The molecule has 26 heavy (non-hydrogen) atoms. The monoisotopic (exact) mass is 357 g/mol. The van der Waals surface area contributed by atoms with Crippen LogP contribution in [0.3, 0.4) is 0 Å². The summed E-state index contributed by atoms with van der Waals surface area (Å²) in [5.74, 6) is -0.285. The van der Waals surface area contributed by atoms with Crippen LogP contribution >= 0.6 is 0 Å². The normalized spacial score (nSPS) is 17.4. The number of nitrogens with one attached hydrogen (secondary N) is 1. The van der Waals surface area contributed by atoms with Crippen LogP contribution in [-0.4, -0.2) is 59.9 Å². The van der Waals surface area contributed by atoms with Crippen LogP contribution in [0.25, 0.3) is 6.08 Å². The molecule has 1 aliphatic heterocycles. The Bertz CT molecular complexity index is 619. The van der Waals surface area contributed by atoms with Gasteiger partial charge in [0.25, 0.3) is 0 Å². The van der Waals surface area contributed by atoms with Gasteiger partial charge in [-0.25, -0.2) is 0 Å². The highest BCUT2D eigenvalue weighted by Gasteiger charge is 2.28. The lowest BCUT2D eigenvalue weighted by Crippen LogP contribution is -2.52. The molecule has 1 fully saturated rings. The van der Waals surface area contributed by atoms with Crippen molar-refractivity contribution in [2.45, 2.75) is 51.7 Å². The van der Waals surface area contributed by atoms with E-state index in [1.165, 1.54) is 6.08 Å². The summed E-state index contributed by atoms with van der Waals surface area (Å²) in [6.45, 7) is 8.18. The topological polar surface area (TPSA) is 52.7 Å². The first kappa shape index (κ1) is 20.2. The molecule has 142 valence electrons. The molecule has 1 unspecified atom stereocenters. The predicted octanol–water partition coefficient (Wildman–Crippen LogP) is 2.54. The molecule has 2 rings (SSSR count). The van der Waals surface area contributed by atoms with Crippen molar-refractivity contribution in [3.8, 4) is 0 Å². The smallest absolute Gasteiger partial charge is 0.244 e. The van der Waals surface area contributed by atoms with Gasteiger partial charge in [-0.05, 0) is 45.3 Å². The Morgan fingerprint density at radius 1 is 1.15 bits per heavy atom. The minimum atomic E-state index is -0.531. The second-order valence-electron chi connectivity index (χ2n) is 7.28. The molecule has 1 heterocycles. The maximum Gasteiger partial charge on any atom is 0.244 e. The van der Waals surface area contributed by atoms with Gasteiger partial charge >= 0.3 is 0 Å². The summed E-state index contributed by atoms with van der Waals surface area (Å²) in [6, 6.07) is 9.89. The molecule has 1 aliphatic rings. The van der Waals surface area contributed by atoms with Crippen LogP contribution < -0.4 is 5.32 Å². The SMILES string of the molecule is CC(NC(=O)/C=C/c1ccccc1)C(=O)N(C)C1CCN(C(C)C)CC1. The lowest BCUT2D eigenvalue weighted by molar-refractivity contribution is -0.136. The molecule has 1 N–H and O–H groups in total.